The first kappa shape index (κ1) is 23.2. The van der Waals surface area contributed by atoms with Gasteiger partial charge >= 0.3 is 0 Å². The summed E-state index contributed by atoms with van der Waals surface area (Å²) in [6.45, 7) is 2.43. The number of benzene rings is 3. The second-order valence-electron chi connectivity index (χ2n) is 6.93. The van der Waals surface area contributed by atoms with Gasteiger partial charge in [-0.05, 0) is 61.0 Å². The van der Waals surface area contributed by atoms with Crippen LogP contribution in [0.1, 0.15) is 21.5 Å². The average molecular weight is 475 g/mol. The van der Waals surface area contributed by atoms with E-state index in [4.69, 9.17) is 11.6 Å². The molecule has 8 heteroatoms. The third-order valence-corrected chi connectivity index (χ3v) is 7.08. The molecule has 1 amide bonds. The summed E-state index contributed by atoms with van der Waals surface area (Å²) in [6, 6.07) is 20.7. The summed E-state index contributed by atoms with van der Waals surface area (Å²) < 4.78 is 27.4. The van der Waals surface area contributed by atoms with Gasteiger partial charge in [0.05, 0.1) is 4.90 Å². The zero-order valence-corrected chi connectivity index (χ0v) is 19.4. The SMILES string of the molecule is Cc1ccc(S(=O)(=O)Nc2ccc(C(=O)NCCSCc3cccc(Cl)c3)cc2)cc1. The number of anilines is 1. The lowest BCUT2D eigenvalue weighted by atomic mass is 10.2. The molecule has 0 aliphatic rings. The van der Waals surface area contributed by atoms with Crippen LogP contribution in [-0.4, -0.2) is 26.6 Å². The molecule has 0 aliphatic carbocycles. The van der Waals surface area contributed by atoms with E-state index in [0.717, 1.165) is 27.7 Å². The number of aryl methyl sites for hydroxylation is 1. The van der Waals surface area contributed by atoms with Crippen LogP contribution < -0.4 is 10.0 Å². The van der Waals surface area contributed by atoms with Crippen LogP contribution in [0.5, 0.6) is 0 Å². The molecule has 0 atom stereocenters. The van der Waals surface area contributed by atoms with Crippen LogP contribution in [0.4, 0.5) is 5.69 Å². The highest BCUT2D eigenvalue weighted by molar-refractivity contribution is 7.98. The van der Waals surface area contributed by atoms with Crippen LogP contribution in [0.2, 0.25) is 5.02 Å². The minimum Gasteiger partial charge on any atom is -0.351 e. The molecule has 3 rings (SSSR count). The quantitative estimate of drug-likeness (QED) is 0.422. The molecule has 0 fully saturated rings. The molecule has 0 bridgehead atoms. The highest BCUT2D eigenvalue weighted by Gasteiger charge is 2.14. The van der Waals surface area contributed by atoms with E-state index in [2.05, 4.69) is 10.0 Å². The Morgan fingerprint density at radius 2 is 1.71 bits per heavy atom. The van der Waals surface area contributed by atoms with E-state index in [-0.39, 0.29) is 10.8 Å². The predicted octanol–water partition coefficient (Wildman–Crippen LogP) is 5.11. The number of hydrogen-bond acceptors (Lipinski definition) is 4. The molecule has 31 heavy (non-hydrogen) atoms. The Balaban J connectivity index is 1.46. The summed E-state index contributed by atoms with van der Waals surface area (Å²) in [5, 5.41) is 3.59. The first-order valence-electron chi connectivity index (χ1n) is 9.63. The van der Waals surface area contributed by atoms with E-state index in [1.54, 1.807) is 60.3 Å². The van der Waals surface area contributed by atoms with E-state index < -0.39 is 10.0 Å². The first-order chi connectivity index (χ1) is 14.8. The molecule has 162 valence electrons. The summed E-state index contributed by atoms with van der Waals surface area (Å²) in [7, 11) is -3.67. The Hall–Kier alpha value is -2.48. The fourth-order valence-corrected chi connectivity index (χ4v) is 4.85. The maximum atomic E-state index is 12.5. The lowest BCUT2D eigenvalue weighted by Gasteiger charge is -2.10. The van der Waals surface area contributed by atoms with Crippen molar-refractivity contribution >= 4 is 45.0 Å². The smallest absolute Gasteiger partial charge is 0.261 e. The highest BCUT2D eigenvalue weighted by atomic mass is 35.5. The second-order valence-corrected chi connectivity index (χ2v) is 10.2. The molecule has 3 aromatic carbocycles. The minimum atomic E-state index is -3.67. The molecule has 0 saturated heterocycles. The number of carbonyl (C=O) groups is 1. The van der Waals surface area contributed by atoms with Gasteiger partial charge in [0.15, 0.2) is 0 Å². The molecule has 0 aromatic heterocycles. The number of thioether (sulfide) groups is 1. The summed E-state index contributed by atoms with van der Waals surface area (Å²) >= 11 is 7.68. The van der Waals surface area contributed by atoms with Crippen molar-refractivity contribution in [3.63, 3.8) is 0 Å². The van der Waals surface area contributed by atoms with Gasteiger partial charge in [0.25, 0.3) is 15.9 Å². The van der Waals surface area contributed by atoms with E-state index >= 15 is 0 Å². The molecule has 0 radical (unpaired) electrons. The fourth-order valence-electron chi connectivity index (χ4n) is 2.78. The van der Waals surface area contributed by atoms with Crippen molar-refractivity contribution in [2.24, 2.45) is 0 Å². The van der Waals surface area contributed by atoms with Gasteiger partial charge in [-0.2, -0.15) is 11.8 Å². The maximum Gasteiger partial charge on any atom is 0.261 e. The molecule has 2 N–H and O–H groups in total. The van der Waals surface area contributed by atoms with Crippen LogP contribution in [-0.2, 0) is 15.8 Å². The van der Waals surface area contributed by atoms with Crippen molar-refractivity contribution in [2.75, 3.05) is 17.0 Å². The van der Waals surface area contributed by atoms with Gasteiger partial charge in [0.2, 0.25) is 0 Å². The van der Waals surface area contributed by atoms with Crippen molar-refractivity contribution < 1.29 is 13.2 Å². The Labute approximate surface area is 192 Å². The zero-order valence-electron chi connectivity index (χ0n) is 17.0. The van der Waals surface area contributed by atoms with Crippen molar-refractivity contribution in [2.45, 2.75) is 17.6 Å². The molecule has 0 saturated carbocycles. The number of nitrogens with one attached hydrogen (secondary N) is 2. The Kier molecular flexibility index (Phi) is 8.01. The summed E-state index contributed by atoms with van der Waals surface area (Å²) in [6.07, 6.45) is 0. The molecular weight excluding hydrogens is 452 g/mol. The zero-order chi connectivity index (χ0) is 22.3. The maximum absolute atomic E-state index is 12.5. The van der Waals surface area contributed by atoms with Crippen molar-refractivity contribution in [1.29, 1.82) is 0 Å². The van der Waals surface area contributed by atoms with Crippen LogP contribution in [0.15, 0.2) is 77.7 Å². The van der Waals surface area contributed by atoms with E-state index in [0.29, 0.717) is 17.8 Å². The lowest BCUT2D eigenvalue weighted by Crippen LogP contribution is -2.25. The van der Waals surface area contributed by atoms with Gasteiger partial charge in [0.1, 0.15) is 0 Å². The van der Waals surface area contributed by atoms with Crippen molar-refractivity contribution in [3.8, 4) is 0 Å². The van der Waals surface area contributed by atoms with Crippen LogP contribution >= 0.6 is 23.4 Å². The summed E-state index contributed by atoms with van der Waals surface area (Å²) in [4.78, 5) is 12.5. The van der Waals surface area contributed by atoms with Gasteiger partial charge in [-0.25, -0.2) is 8.42 Å². The third-order valence-electron chi connectivity index (χ3n) is 4.42. The third kappa shape index (κ3) is 7.02. The fraction of sp³-hybridized carbons (Fsp3) is 0.174. The molecular formula is C23H23ClN2O3S2. The van der Waals surface area contributed by atoms with Crippen molar-refractivity contribution in [3.05, 3.63) is 94.5 Å². The highest BCUT2D eigenvalue weighted by Crippen LogP contribution is 2.18. The van der Waals surface area contributed by atoms with Gasteiger partial charge in [0, 0.05) is 34.3 Å². The van der Waals surface area contributed by atoms with Gasteiger partial charge in [-0.3, -0.25) is 9.52 Å². The monoisotopic (exact) mass is 474 g/mol. The molecule has 3 aromatic rings. The molecule has 0 heterocycles. The van der Waals surface area contributed by atoms with E-state index in [1.807, 2.05) is 31.2 Å². The van der Waals surface area contributed by atoms with Gasteiger partial charge in [-0.15, -0.1) is 0 Å². The Bertz CT molecular complexity index is 1130. The Morgan fingerprint density at radius 1 is 1.00 bits per heavy atom. The number of hydrogen-bond donors (Lipinski definition) is 2. The summed E-state index contributed by atoms with van der Waals surface area (Å²) in [5.74, 6) is 1.40. The van der Waals surface area contributed by atoms with Gasteiger partial charge < -0.3 is 5.32 Å². The Morgan fingerprint density at radius 3 is 2.39 bits per heavy atom. The summed E-state index contributed by atoms with van der Waals surface area (Å²) in [5.41, 5.74) is 3.00. The topological polar surface area (TPSA) is 75.3 Å². The van der Waals surface area contributed by atoms with Crippen LogP contribution in [0, 0.1) is 6.92 Å². The predicted molar refractivity (Wildman–Crippen MR) is 128 cm³/mol. The number of halogens is 1. The van der Waals surface area contributed by atoms with E-state index in [1.165, 1.54) is 0 Å². The average Bonchev–Trinajstić information content (AvgIpc) is 2.74. The van der Waals surface area contributed by atoms with Crippen molar-refractivity contribution in [1.82, 2.24) is 5.32 Å². The second kappa shape index (κ2) is 10.7. The standard InChI is InChI=1S/C23H23ClN2O3S2/c1-17-5-11-22(12-6-17)31(28,29)26-21-9-7-19(8-10-21)23(27)25-13-14-30-16-18-3-2-4-20(24)15-18/h2-12,15,26H,13-14,16H2,1H3,(H,25,27). The first-order valence-corrected chi connectivity index (χ1v) is 12.6. The number of rotatable bonds is 9. The minimum absolute atomic E-state index is 0.190. The molecule has 0 aliphatic heterocycles. The van der Waals surface area contributed by atoms with Crippen LogP contribution in [0.25, 0.3) is 0 Å². The van der Waals surface area contributed by atoms with E-state index in [9.17, 15) is 13.2 Å². The largest absolute Gasteiger partial charge is 0.351 e. The number of amides is 1. The lowest BCUT2D eigenvalue weighted by molar-refractivity contribution is 0.0956. The molecule has 5 nitrogen and oxygen atoms in total. The van der Waals surface area contributed by atoms with Gasteiger partial charge in [-0.1, -0.05) is 41.4 Å². The van der Waals surface area contributed by atoms with Crippen LogP contribution in [0.3, 0.4) is 0 Å². The number of sulfonamides is 1. The normalized spacial score (nSPS) is 11.2. The number of carbonyl (C=O) groups excluding carboxylic acids is 1. The molecule has 0 spiro atoms. The molecule has 0 unspecified atom stereocenters.